The summed E-state index contributed by atoms with van der Waals surface area (Å²) >= 11 is 0. The van der Waals surface area contributed by atoms with E-state index in [1.165, 1.54) is 0 Å². The molecule has 156 valence electrons. The predicted molar refractivity (Wildman–Crippen MR) is 118 cm³/mol. The molecule has 0 radical (unpaired) electrons. The quantitative estimate of drug-likeness (QED) is 0.564. The smallest absolute Gasteiger partial charge is 0.164 e. The fourth-order valence-electron chi connectivity index (χ4n) is 3.85. The maximum Gasteiger partial charge on any atom is 0.164 e. The lowest BCUT2D eigenvalue weighted by atomic mass is 10.0. The topological polar surface area (TPSA) is 55.1 Å². The molecule has 2 heterocycles. The molecule has 1 aliphatic rings. The first-order valence-corrected chi connectivity index (χ1v) is 10.2. The number of ether oxygens (including phenoxy) is 2. The highest BCUT2D eigenvalue weighted by molar-refractivity contribution is 5.92. The highest BCUT2D eigenvalue weighted by Gasteiger charge is 2.34. The third kappa shape index (κ3) is 4.13. The number of aliphatic hydroxyl groups is 1. The zero-order valence-corrected chi connectivity index (χ0v) is 17.5. The van der Waals surface area contributed by atoms with Crippen LogP contribution < -0.4 is 9.64 Å². The molecule has 30 heavy (non-hydrogen) atoms. The normalized spacial score (nSPS) is 17.8. The Morgan fingerprint density at radius 1 is 1.03 bits per heavy atom. The van der Waals surface area contributed by atoms with Gasteiger partial charge in [-0.2, -0.15) is 0 Å². The molecule has 1 N–H and O–H groups in total. The van der Waals surface area contributed by atoms with Gasteiger partial charge in [0.25, 0.3) is 0 Å². The number of hydrogen-bond acceptors (Lipinski definition) is 5. The van der Waals surface area contributed by atoms with E-state index in [4.69, 9.17) is 13.9 Å². The van der Waals surface area contributed by atoms with Crippen LogP contribution in [0.3, 0.4) is 0 Å². The summed E-state index contributed by atoms with van der Waals surface area (Å²) in [5.74, 6) is 1.58. The van der Waals surface area contributed by atoms with Crippen LogP contribution in [0.25, 0.3) is 11.8 Å². The van der Waals surface area contributed by atoms with Gasteiger partial charge in [-0.05, 0) is 56.2 Å². The molecule has 1 aliphatic heterocycles. The second-order valence-corrected chi connectivity index (χ2v) is 7.59. The molecule has 0 saturated heterocycles. The SMILES string of the molecule is COc1ccc(N2C(c3ccccc3)=Cc3occc3C2OC(C)CC(C)O)cc1. The van der Waals surface area contributed by atoms with Gasteiger partial charge in [0.05, 0.1) is 31.3 Å². The van der Waals surface area contributed by atoms with Crippen LogP contribution in [0.1, 0.15) is 43.4 Å². The Balaban J connectivity index is 1.81. The van der Waals surface area contributed by atoms with E-state index in [0.717, 1.165) is 34.0 Å². The Morgan fingerprint density at radius 3 is 2.43 bits per heavy atom. The number of fused-ring (bicyclic) bond motifs is 1. The Hall–Kier alpha value is -3.02. The van der Waals surface area contributed by atoms with E-state index in [0.29, 0.717) is 6.42 Å². The van der Waals surface area contributed by atoms with Gasteiger partial charge in [-0.15, -0.1) is 0 Å². The number of nitrogens with zero attached hydrogens (tertiary/aromatic N) is 1. The summed E-state index contributed by atoms with van der Waals surface area (Å²) in [6.45, 7) is 3.76. The third-order valence-corrected chi connectivity index (χ3v) is 5.21. The number of hydrogen-bond donors (Lipinski definition) is 1. The van der Waals surface area contributed by atoms with Crippen LogP contribution >= 0.6 is 0 Å². The zero-order chi connectivity index (χ0) is 21.1. The fraction of sp³-hybridized carbons (Fsp3) is 0.280. The van der Waals surface area contributed by atoms with Crippen molar-refractivity contribution in [2.45, 2.75) is 38.7 Å². The highest BCUT2D eigenvalue weighted by Crippen LogP contribution is 2.43. The molecule has 0 saturated carbocycles. The molecule has 3 atom stereocenters. The largest absolute Gasteiger partial charge is 0.497 e. The van der Waals surface area contributed by atoms with E-state index in [9.17, 15) is 5.11 Å². The van der Waals surface area contributed by atoms with Gasteiger partial charge in [0.15, 0.2) is 6.23 Å². The van der Waals surface area contributed by atoms with Crippen molar-refractivity contribution in [1.82, 2.24) is 0 Å². The molecule has 0 fully saturated rings. The third-order valence-electron chi connectivity index (χ3n) is 5.21. The maximum atomic E-state index is 9.84. The molecule has 0 aliphatic carbocycles. The number of benzene rings is 2. The van der Waals surface area contributed by atoms with Crippen molar-refractivity contribution in [1.29, 1.82) is 0 Å². The van der Waals surface area contributed by atoms with Crippen LogP contribution in [0.15, 0.2) is 71.3 Å². The van der Waals surface area contributed by atoms with Gasteiger partial charge in [-0.1, -0.05) is 30.3 Å². The number of aliphatic hydroxyl groups excluding tert-OH is 1. The molecule has 2 aromatic carbocycles. The maximum absolute atomic E-state index is 9.84. The zero-order valence-electron chi connectivity index (χ0n) is 17.5. The molecule has 5 heteroatoms. The molecule has 0 bridgehead atoms. The average molecular weight is 405 g/mol. The first-order valence-electron chi connectivity index (χ1n) is 10.2. The Labute approximate surface area is 177 Å². The van der Waals surface area contributed by atoms with Crippen LogP contribution in [0.2, 0.25) is 0 Å². The fourth-order valence-corrected chi connectivity index (χ4v) is 3.85. The summed E-state index contributed by atoms with van der Waals surface area (Å²) in [6.07, 6.45) is 3.32. The molecule has 5 nitrogen and oxygen atoms in total. The van der Waals surface area contributed by atoms with Crippen LogP contribution in [0.5, 0.6) is 5.75 Å². The number of methoxy groups -OCH3 is 1. The van der Waals surface area contributed by atoms with Gasteiger partial charge in [0, 0.05) is 17.3 Å². The van der Waals surface area contributed by atoms with Gasteiger partial charge >= 0.3 is 0 Å². The number of rotatable bonds is 7. The van der Waals surface area contributed by atoms with E-state index in [1.54, 1.807) is 20.3 Å². The van der Waals surface area contributed by atoms with Gasteiger partial charge < -0.3 is 23.9 Å². The average Bonchev–Trinajstić information content (AvgIpc) is 3.22. The standard InChI is InChI=1S/C25H27NO4/c1-17(27)15-18(2)30-25-22-13-14-29-24(22)16-23(19-7-5-4-6-8-19)26(25)20-9-11-21(28-3)12-10-20/h4-14,16-18,25,27H,15H2,1-3H3. The van der Waals surface area contributed by atoms with Crippen LogP contribution in [-0.2, 0) is 4.74 Å². The lowest BCUT2D eigenvalue weighted by Gasteiger charge is -2.39. The highest BCUT2D eigenvalue weighted by atomic mass is 16.5. The van der Waals surface area contributed by atoms with Crippen molar-refractivity contribution < 1.29 is 19.0 Å². The molecule has 4 rings (SSSR count). The predicted octanol–water partition coefficient (Wildman–Crippen LogP) is 5.48. The van der Waals surface area contributed by atoms with Crippen LogP contribution in [0.4, 0.5) is 5.69 Å². The molecule has 3 unspecified atom stereocenters. The van der Waals surface area contributed by atoms with Gasteiger partial charge in [0.2, 0.25) is 0 Å². The van der Waals surface area contributed by atoms with Gasteiger partial charge in [0.1, 0.15) is 11.5 Å². The van der Waals surface area contributed by atoms with Crippen molar-refractivity contribution in [2.75, 3.05) is 12.0 Å². The van der Waals surface area contributed by atoms with E-state index in [1.807, 2.05) is 61.5 Å². The van der Waals surface area contributed by atoms with Gasteiger partial charge in [-0.25, -0.2) is 0 Å². The summed E-state index contributed by atoms with van der Waals surface area (Å²) in [7, 11) is 1.66. The van der Waals surface area contributed by atoms with Crippen molar-refractivity contribution >= 4 is 17.5 Å². The van der Waals surface area contributed by atoms with E-state index in [-0.39, 0.29) is 12.3 Å². The Morgan fingerprint density at radius 2 is 1.77 bits per heavy atom. The first kappa shape index (κ1) is 20.3. The Bertz CT molecular complexity index is 992. The Kier molecular flexibility index (Phi) is 5.93. The van der Waals surface area contributed by atoms with E-state index >= 15 is 0 Å². The van der Waals surface area contributed by atoms with Gasteiger partial charge in [-0.3, -0.25) is 0 Å². The van der Waals surface area contributed by atoms with Crippen molar-refractivity contribution in [3.05, 3.63) is 83.8 Å². The minimum absolute atomic E-state index is 0.145. The molecule has 1 aromatic heterocycles. The van der Waals surface area contributed by atoms with E-state index in [2.05, 4.69) is 17.0 Å². The summed E-state index contributed by atoms with van der Waals surface area (Å²) in [6, 6.07) is 20.1. The van der Waals surface area contributed by atoms with E-state index < -0.39 is 6.10 Å². The summed E-state index contributed by atoms with van der Waals surface area (Å²) < 4.78 is 17.6. The molecule has 0 spiro atoms. The second-order valence-electron chi connectivity index (χ2n) is 7.59. The minimum Gasteiger partial charge on any atom is -0.497 e. The lowest BCUT2D eigenvalue weighted by molar-refractivity contribution is -0.0226. The van der Waals surface area contributed by atoms with Crippen molar-refractivity contribution in [3.63, 3.8) is 0 Å². The second kappa shape index (κ2) is 8.78. The molecular formula is C25H27NO4. The van der Waals surface area contributed by atoms with Crippen LogP contribution in [0, 0.1) is 0 Å². The molecule has 0 amide bonds. The molecular weight excluding hydrogens is 378 g/mol. The van der Waals surface area contributed by atoms with Crippen molar-refractivity contribution in [2.24, 2.45) is 0 Å². The summed E-state index contributed by atoms with van der Waals surface area (Å²) in [5.41, 5.74) is 3.99. The lowest BCUT2D eigenvalue weighted by Crippen LogP contribution is -2.34. The van der Waals surface area contributed by atoms with Crippen molar-refractivity contribution in [3.8, 4) is 5.75 Å². The monoisotopic (exact) mass is 405 g/mol. The summed E-state index contributed by atoms with van der Waals surface area (Å²) in [4.78, 5) is 2.17. The first-order chi connectivity index (χ1) is 14.6. The number of anilines is 1. The minimum atomic E-state index is -0.439. The van der Waals surface area contributed by atoms with Crippen LogP contribution in [-0.4, -0.2) is 24.4 Å². The summed E-state index contributed by atoms with van der Waals surface area (Å²) in [5, 5.41) is 9.84. The number of furan rings is 1. The molecule has 3 aromatic rings.